The number of carbonyl (C=O) groups is 2. The van der Waals surface area contributed by atoms with Gasteiger partial charge in [-0.15, -0.1) is 0 Å². The highest BCUT2D eigenvalue weighted by Gasteiger charge is 2.25. The molecule has 1 fully saturated rings. The highest BCUT2D eigenvalue weighted by atomic mass is 16.5. The number of anilines is 2. The Hall–Kier alpha value is -2.90. The summed E-state index contributed by atoms with van der Waals surface area (Å²) in [4.78, 5) is 29.4. The molecule has 0 radical (unpaired) electrons. The monoisotopic (exact) mass is 424 g/mol. The Morgan fingerprint density at radius 3 is 2.19 bits per heavy atom. The van der Waals surface area contributed by atoms with Crippen LogP contribution in [0.2, 0.25) is 0 Å². The van der Waals surface area contributed by atoms with Crippen LogP contribution in [0.1, 0.15) is 22.7 Å². The Labute approximate surface area is 184 Å². The van der Waals surface area contributed by atoms with Gasteiger partial charge in [-0.25, -0.2) is 0 Å². The van der Waals surface area contributed by atoms with E-state index in [1.54, 1.807) is 0 Å². The smallest absolute Gasteiger partial charge is 0.313 e. The average Bonchev–Trinajstić information content (AvgIpc) is 2.77. The number of para-hydroxylation sites is 1. The zero-order valence-electron chi connectivity index (χ0n) is 18.8. The Kier molecular flexibility index (Phi) is 7.65. The summed E-state index contributed by atoms with van der Waals surface area (Å²) in [7, 11) is 4.01. The van der Waals surface area contributed by atoms with Gasteiger partial charge in [0.05, 0.1) is 19.3 Å². The third kappa shape index (κ3) is 5.83. The number of carbonyl (C=O) groups excluding carboxylic acids is 2. The molecule has 7 nitrogen and oxygen atoms in total. The van der Waals surface area contributed by atoms with E-state index >= 15 is 0 Å². The van der Waals surface area contributed by atoms with Gasteiger partial charge in [-0.2, -0.15) is 0 Å². The molecule has 2 N–H and O–H groups in total. The Balaban J connectivity index is 1.69. The summed E-state index contributed by atoms with van der Waals surface area (Å²) < 4.78 is 5.49. The summed E-state index contributed by atoms with van der Waals surface area (Å²) in [5, 5.41) is 5.58. The molecule has 31 heavy (non-hydrogen) atoms. The van der Waals surface area contributed by atoms with Gasteiger partial charge in [-0.05, 0) is 42.7 Å². The fraction of sp³-hybridized carbons (Fsp3) is 0.417. The van der Waals surface area contributed by atoms with E-state index in [9.17, 15) is 9.59 Å². The number of ether oxygens (including phenoxy) is 1. The number of benzene rings is 2. The summed E-state index contributed by atoms with van der Waals surface area (Å²) in [6, 6.07) is 14.0. The van der Waals surface area contributed by atoms with E-state index < -0.39 is 11.8 Å². The van der Waals surface area contributed by atoms with Crippen LogP contribution in [-0.2, 0) is 14.3 Å². The lowest BCUT2D eigenvalue weighted by molar-refractivity contribution is -0.136. The molecule has 1 aliphatic heterocycles. The topological polar surface area (TPSA) is 73.9 Å². The van der Waals surface area contributed by atoms with Gasteiger partial charge < -0.3 is 20.3 Å². The Morgan fingerprint density at radius 1 is 1.00 bits per heavy atom. The van der Waals surface area contributed by atoms with Crippen molar-refractivity contribution >= 4 is 23.2 Å². The van der Waals surface area contributed by atoms with E-state index in [4.69, 9.17) is 4.74 Å². The van der Waals surface area contributed by atoms with E-state index in [0.29, 0.717) is 25.4 Å². The first-order chi connectivity index (χ1) is 14.9. The molecular formula is C24H32N4O3. The predicted octanol–water partition coefficient (Wildman–Crippen LogP) is 2.50. The van der Waals surface area contributed by atoms with E-state index in [2.05, 4.69) is 39.8 Å². The fourth-order valence-electron chi connectivity index (χ4n) is 3.79. The van der Waals surface area contributed by atoms with Crippen LogP contribution in [0.3, 0.4) is 0 Å². The molecule has 0 aromatic heterocycles. The lowest BCUT2D eigenvalue weighted by Gasteiger charge is -2.35. The molecule has 7 heteroatoms. The second kappa shape index (κ2) is 10.4. The van der Waals surface area contributed by atoms with Crippen molar-refractivity contribution in [2.24, 2.45) is 0 Å². The number of nitrogens with one attached hydrogen (secondary N) is 2. The highest BCUT2D eigenvalue weighted by molar-refractivity contribution is 6.39. The molecule has 1 aliphatic rings. The van der Waals surface area contributed by atoms with E-state index in [0.717, 1.165) is 35.5 Å². The fourth-order valence-corrected chi connectivity index (χ4v) is 3.79. The number of rotatable bonds is 6. The molecule has 0 bridgehead atoms. The van der Waals surface area contributed by atoms with Crippen molar-refractivity contribution < 1.29 is 14.3 Å². The number of hydrogen-bond acceptors (Lipinski definition) is 5. The second-order valence-electron chi connectivity index (χ2n) is 8.08. The SMILES string of the molecule is Cc1cccc(C)c1NC(=O)C(=O)NC[C@H](c1ccc(N(C)C)cc1)N1CCOCC1. The van der Waals surface area contributed by atoms with Gasteiger partial charge in [0.1, 0.15) is 0 Å². The number of morpholine rings is 1. The second-order valence-corrected chi connectivity index (χ2v) is 8.08. The van der Waals surface area contributed by atoms with Crippen molar-refractivity contribution in [3.05, 3.63) is 59.2 Å². The lowest BCUT2D eigenvalue weighted by atomic mass is 10.0. The van der Waals surface area contributed by atoms with Crippen molar-refractivity contribution in [1.29, 1.82) is 0 Å². The first-order valence-electron chi connectivity index (χ1n) is 10.6. The van der Waals surface area contributed by atoms with Gasteiger partial charge >= 0.3 is 11.8 Å². The quantitative estimate of drug-likeness (QED) is 0.697. The minimum atomic E-state index is -0.652. The first-order valence-corrected chi connectivity index (χ1v) is 10.6. The molecule has 3 rings (SSSR count). The normalized spacial score (nSPS) is 15.2. The van der Waals surface area contributed by atoms with E-state index in [-0.39, 0.29) is 6.04 Å². The summed E-state index contributed by atoms with van der Waals surface area (Å²) in [6.45, 7) is 7.05. The van der Waals surface area contributed by atoms with Crippen LogP contribution in [-0.4, -0.2) is 63.7 Å². The molecule has 1 saturated heterocycles. The van der Waals surface area contributed by atoms with Crippen molar-refractivity contribution in [3.63, 3.8) is 0 Å². The lowest BCUT2D eigenvalue weighted by Crippen LogP contribution is -2.45. The molecule has 1 heterocycles. The molecular weight excluding hydrogens is 392 g/mol. The Bertz CT molecular complexity index is 885. The van der Waals surface area contributed by atoms with Gasteiger partial charge in [0.15, 0.2) is 0 Å². The van der Waals surface area contributed by atoms with Crippen LogP contribution in [0.25, 0.3) is 0 Å². The molecule has 0 saturated carbocycles. The minimum Gasteiger partial charge on any atom is -0.379 e. The summed E-state index contributed by atoms with van der Waals surface area (Å²) in [6.07, 6.45) is 0. The van der Waals surface area contributed by atoms with Crippen LogP contribution in [0, 0.1) is 13.8 Å². The third-order valence-electron chi connectivity index (χ3n) is 5.66. The van der Waals surface area contributed by atoms with Crippen molar-refractivity contribution in [1.82, 2.24) is 10.2 Å². The molecule has 2 aromatic carbocycles. The van der Waals surface area contributed by atoms with Crippen LogP contribution in [0.15, 0.2) is 42.5 Å². The largest absolute Gasteiger partial charge is 0.379 e. The number of nitrogens with zero attached hydrogens (tertiary/aromatic N) is 2. The average molecular weight is 425 g/mol. The van der Waals surface area contributed by atoms with Gasteiger partial charge in [-0.1, -0.05) is 30.3 Å². The number of amides is 2. The number of hydrogen-bond donors (Lipinski definition) is 2. The van der Waals surface area contributed by atoms with Crippen LogP contribution < -0.4 is 15.5 Å². The van der Waals surface area contributed by atoms with Gasteiger partial charge in [-0.3, -0.25) is 14.5 Å². The summed E-state index contributed by atoms with van der Waals surface area (Å²) in [5.41, 5.74) is 4.75. The van der Waals surface area contributed by atoms with Gasteiger partial charge in [0.2, 0.25) is 0 Å². The Morgan fingerprint density at radius 2 is 1.61 bits per heavy atom. The van der Waals surface area contributed by atoms with Crippen molar-refractivity contribution in [2.75, 3.05) is 57.2 Å². The molecule has 166 valence electrons. The standard InChI is InChI=1S/C24H32N4O3/c1-17-6-5-7-18(2)22(17)26-24(30)23(29)25-16-21(28-12-14-31-15-13-28)19-8-10-20(11-9-19)27(3)4/h5-11,21H,12-16H2,1-4H3,(H,25,29)(H,26,30)/t21-/m1/s1. The maximum absolute atomic E-state index is 12.6. The van der Waals surface area contributed by atoms with E-state index in [1.807, 2.05) is 51.0 Å². The van der Waals surface area contributed by atoms with E-state index in [1.165, 1.54) is 0 Å². The summed E-state index contributed by atoms with van der Waals surface area (Å²) >= 11 is 0. The predicted molar refractivity (Wildman–Crippen MR) is 123 cm³/mol. The molecule has 2 aromatic rings. The van der Waals surface area contributed by atoms with Crippen molar-refractivity contribution in [3.8, 4) is 0 Å². The van der Waals surface area contributed by atoms with Gasteiger partial charge in [0.25, 0.3) is 0 Å². The maximum atomic E-state index is 12.6. The highest BCUT2D eigenvalue weighted by Crippen LogP contribution is 2.24. The molecule has 0 unspecified atom stereocenters. The number of aryl methyl sites for hydroxylation is 2. The van der Waals surface area contributed by atoms with Gasteiger partial charge in [0, 0.05) is 45.1 Å². The third-order valence-corrected chi connectivity index (χ3v) is 5.66. The van der Waals surface area contributed by atoms with Crippen molar-refractivity contribution in [2.45, 2.75) is 19.9 Å². The molecule has 0 spiro atoms. The zero-order valence-corrected chi connectivity index (χ0v) is 18.8. The molecule has 2 amide bonds. The zero-order chi connectivity index (χ0) is 22.4. The molecule has 1 atom stereocenters. The van der Waals surface area contributed by atoms with Crippen LogP contribution in [0.4, 0.5) is 11.4 Å². The maximum Gasteiger partial charge on any atom is 0.313 e. The minimum absolute atomic E-state index is 0.0305. The summed E-state index contributed by atoms with van der Waals surface area (Å²) in [5.74, 6) is -1.29. The van der Waals surface area contributed by atoms with Crippen LogP contribution in [0.5, 0.6) is 0 Å². The molecule has 0 aliphatic carbocycles. The van der Waals surface area contributed by atoms with Crippen LogP contribution >= 0.6 is 0 Å². The first kappa shape index (κ1) is 22.8.